The number of likely N-dealkylation sites (tertiary alicyclic amines) is 1. The van der Waals surface area contributed by atoms with Gasteiger partial charge in [0, 0.05) is 31.5 Å². The van der Waals surface area contributed by atoms with E-state index in [0.29, 0.717) is 6.54 Å². The molecule has 0 aromatic heterocycles. The second-order valence-corrected chi connectivity index (χ2v) is 5.76. The van der Waals surface area contributed by atoms with E-state index in [1.165, 1.54) is 0 Å². The molecule has 0 aliphatic carbocycles. The molecule has 1 aliphatic heterocycles. The summed E-state index contributed by atoms with van der Waals surface area (Å²) in [6.45, 7) is 7.94. The number of rotatable bonds is 7. The maximum Gasteiger partial charge on any atom is 0.223 e. The number of aldehydes is 1. The third-order valence-corrected chi connectivity index (χ3v) is 3.28. The number of unbranched alkanes of at least 4 members (excludes halogenated alkanes) is 1. The van der Waals surface area contributed by atoms with Gasteiger partial charge < -0.3 is 14.4 Å². The summed E-state index contributed by atoms with van der Waals surface area (Å²) in [5.41, 5.74) is -0.557. The molecule has 4 nitrogen and oxygen atoms in total. The Morgan fingerprint density at radius 3 is 2.83 bits per heavy atom. The first-order chi connectivity index (χ1) is 8.48. The van der Waals surface area contributed by atoms with Gasteiger partial charge in [-0.3, -0.25) is 4.79 Å². The normalized spacial score (nSPS) is 20.2. The zero-order valence-corrected chi connectivity index (χ0v) is 11.8. The highest BCUT2D eigenvalue weighted by Crippen LogP contribution is 2.21. The SMILES string of the molecule is CCCCOC1CCN(C(=O)CC(C)(C)C=O)C1. The van der Waals surface area contributed by atoms with Gasteiger partial charge in [-0.2, -0.15) is 0 Å². The van der Waals surface area contributed by atoms with Crippen molar-refractivity contribution in [2.75, 3.05) is 19.7 Å². The molecule has 0 bridgehead atoms. The molecule has 4 heteroatoms. The lowest BCUT2D eigenvalue weighted by Gasteiger charge is -2.22. The Labute approximate surface area is 110 Å². The van der Waals surface area contributed by atoms with Crippen molar-refractivity contribution in [1.29, 1.82) is 0 Å². The van der Waals surface area contributed by atoms with Crippen molar-refractivity contribution in [1.82, 2.24) is 4.90 Å². The van der Waals surface area contributed by atoms with E-state index in [4.69, 9.17) is 4.74 Å². The first-order valence-corrected chi connectivity index (χ1v) is 6.84. The predicted molar refractivity (Wildman–Crippen MR) is 70.3 cm³/mol. The molecule has 0 aromatic carbocycles. The quantitative estimate of drug-likeness (QED) is 0.516. The number of amides is 1. The molecule has 104 valence electrons. The number of hydrogen-bond acceptors (Lipinski definition) is 3. The fraction of sp³-hybridized carbons (Fsp3) is 0.857. The monoisotopic (exact) mass is 255 g/mol. The van der Waals surface area contributed by atoms with Crippen LogP contribution in [0.2, 0.25) is 0 Å². The number of carbonyl (C=O) groups is 2. The molecule has 0 aromatic rings. The minimum Gasteiger partial charge on any atom is -0.376 e. The van der Waals surface area contributed by atoms with Gasteiger partial charge in [-0.05, 0) is 12.8 Å². The zero-order valence-electron chi connectivity index (χ0n) is 11.8. The highest BCUT2D eigenvalue weighted by Gasteiger charge is 2.30. The largest absolute Gasteiger partial charge is 0.376 e. The van der Waals surface area contributed by atoms with E-state index in [-0.39, 0.29) is 18.4 Å². The average Bonchev–Trinajstić information content (AvgIpc) is 2.78. The van der Waals surface area contributed by atoms with Crippen molar-refractivity contribution in [3.8, 4) is 0 Å². The maximum atomic E-state index is 12.0. The number of carbonyl (C=O) groups excluding carboxylic acids is 2. The molecule has 0 radical (unpaired) electrons. The second kappa shape index (κ2) is 6.88. The summed E-state index contributed by atoms with van der Waals surface area (Å²) in [6, 6.07) is 0. The summed E-state index contributed by atoms with van der Waals surface area (Å²) in [7, 11) is 0. The van der Waals surface area contributed by atoms with Crippen LogP contribution >= 0.6 is 0 Å². The molecule has 1 atom stereocenters. The molecule has 18 heavy (non-hydrogen) atoms. The van der Waals surface area contributed by atoms with Crippen LogP contribution in [0.1, 0.15) is 46.5 Å². The number of nitrogens with zero attached hydrogens (tertiary/aromatic N) is 1. The van der Waals surface area contributed by atoms with Crippen LogP contribution in [0.3, 0.4) is 0 Å². The van der Waals surface area contributed by atoms with Crippen molar-refractivity contribution in [2.45, 2.75) is 52.6 Å². The third kappa shape index (κ3) is 4.77. The fourth-order valence-electron chi connectivity index (χ4n) is 2.03. The Hall–Kier alpha value is -0.900. The molecule has 0 spiro atoms. The highest BCUT2D eigenvalue weighted by molar-refractivity contribution is 5.80. The minimum absolute atomic E-state index is 0.0636. The van der Waals surface area contributed by atoms with Gasteiger partial charge in [-0.25, -0.2) is 0 Å². The molecule has 1 fully saturated rings. The van der Waals surface area contributed by atoms with Gasteiger partial charge in [-0.15, -0.1) is 0 Å². The summed E-state index contributed by atoms with van der Waals surface area (Å²) < 4.78 is 5.72. The molecule has 0 saturated carbocycles. The fourth-order valence-corrected chi connectivity index (χ4v) is 2.03. The van der Waals surface area contributed by atoms with E-state index in [1.807, 2.05) is 4.90 Å². The van der Waals surface area contributed by atoms with Gasteiger partial charge in [-0.1, -0.05) is 27.2 Å². The van der Waals surface area contributed by atoms with Crippen molar-refractivity contribution in [2.24, 2.45) is 5.41 Å². The molecule has 0 N–H and O–H groups in total. The van der Waals surface area contributed by atoms with Crippen LogP contribution in [0.15, 0.2) is 0 Å². The van der Waals surface area contributed by atoms with Crippen LogP contribution in [0.25, 0.3) is 0 Å². The van der Waals surface area contributed by atoms with E-state index >= 15 is 0 Å². The van der Waals surface area contributed by atoms with Gasteiger partial charge in [0.15, 0.2) is 0 Å². The summed E-state index contributed by atoms with van der Waals surface area (Å²) in [6.07, 6.45) is 4.44. The van der Waals surface area contributed by atoms with Gasteiger partial charge in [0.2, 0.25) is 5.91 Å². The summed E-state index contributed by atoms with van der Waals surface area (Å²) in [4.78, 5) is 24.6. The van der Waals surface area contributed by atoms with Crippen molar-refractivity contribution < 1.29 is 14.3 Å². The van der Waals surface area contributed by atoms with Crippen molar-refractivity contribution in [3.05, 3.63) is 0 Å². The van der Waals surface area contributed by atoms with Gasteiger partial charge >= 0.3 is 0 Å². The lowest BCUT2D eigenvalue weighted by atomic mass is 9.91. The lowest BCUT2D eigenvalue weighted by Crippen LogP contribution is -2.34. The summed E-state index contributed by atoms with van der Waals surface area (Å²) in [5, 5.41) is 0. The van der Waals surface area contributed by atoms with E-state index in [1.54, 1.807) is 13.8 Å². The smallest absolute Gasteiger partial charge is 0.223 e. The van der Waals surface area contributed by atoms with Gasteiger partial charge in [0.1, 0.15) is 6.29 Å². The first-order valence-electron chi connectivity index (χ1n) is 6.84. The molecule has 1 amide bonds. The van der Waals surface area contributed by atoms with Crippen LogP contribution in [-0.2, 0) is 14.3 Å². The first kappa shape index (κ1) is 15.2. The highest BCUT2D eigenvalue weighted by atomic mass is 16.5. The molecule has 1 aliphatic rings. The topological polar surface area (TPSA) is 46.6 Å². The third-order valence-electron chi connectivity index (χ3n) is 3.28. The van der Waals surface area contributed by atoms with E-state index in [2.05, 4.69) is 6.92 Å². The maximum absolute atomic E-state index is 12.0. The van der Waals surface area contributed by atoms with Crippen LogP contribution in [0.4, 0.5) is 0 Å². The molecule has 1 rings (SSSR count). The van der Waals surface area contributed by atoms with Crippen LogP contribution < -0.4 is 0 Å². The second-order valence-electron chi connectivity index (χ2n) is 5.76. The van der Waals surface area contributed by atoms with Crippen molar-refractivity contribution in [3.63, 3.8) is 0 Å². The molecular formula is C14H25NO3. The van der Waals surface area contributed by atoms with Crippen LogP contribution in [0, 0.1) is 5.41 Å². The molecule has 1 unspecified atom stereocenters. The van der Waals surface area contributed by atoms with Gasteiger partial charge in [0.25, 0.3) is 0 Å². The van der Waals surface area contributed by atoms with E-state index < -0.39 is 5.41 Å². The Morgan fingerprint density at radius 2 is 2.22 bits per heavy atom. The minimum atomic E-state index is -0.557. The Morgan fingerprint density at radius 1 is 1.50 bits per heavy atom. The lowest BCUT2D eigenvalue weighted by molar-refractivity contribution is -0.135. The molecule has 1 saturated heterocycles. The van der Waals surface area contributed by atoms with Crippen molar-refractivity contribution >= 4 is 12.2 Å². The Bertz CT molecular complexity index is 289. The Kier molecular flexibility index (Phi) is 5.79. The van der Waals surface area contributed by atoms with Gasteiger partial charge in [0.05, 0.1) is 6.10 Å². The zero-order chi connectivity index (χ0) is 13.6. The van der Waals surface area contributed by atoms with E-state index in [9.17, 15) is 9.59 Å². The standard InChI is InChI=1S/C14H25NO3/c1-4-5-8-18-12-6-7-15(10-12)13(17)9-14(2,3)11-16/h11-12H,4-10H2,1-3H3. The number of ether oxygens (including phenoxy) is 1. The van der Waals surface area contributed by atoms with Crippen LogP contribution in [-0.4, -0.2) is 42.9 Å². The summed E-state index contributed by atoms with van der Waals surface area (Å²) >= 11 is 0. The molecule has 1 heterocycles. The number of hydrogen-bond donors (Lipinski definition) is 0. The predicted octanol–water partition coefficient (Wildman–Crippen LogP) is 2.02. The Balaban J connectivity index is 2.32. The summed E-state index contributed by atoms with van der Waals surface area (Å²) in [5.74, 6) is 0.0636. The van der Waals surface area contributed by atoms with E-state index in [0.717, 1.165) is 38.7 Å². The van der Waals surface area contributed by atoms with Crippen LogP contribution in [0.5, 0.6) is 0 Å². The molecular weight excluding hydrogens is 230 g/mol. The average molecular weight is 255 g/mol.